The van der Waals surface area contributed by atoms with Crippen LogP contribution in [0.25, 0.3) is 0 Å². The van der Waals surface area contributed by atoms with E-state index in [0.717, 1.165) is 12.0 Å². The second-order valence-electron chi connectivity index (χ2n) is 2.98. The quantitative estimate of drug-likeness (QED) is 0.726. The summed E-state index contributed by atoms with van der Waals surface area (Å²) in [4.78, 5) is 10.5. The lowest BCUT2D eigenvalue weighted by Crippen LogP contribution is -2.05. The van der Waals surface area contributed by atoms with Crippen molar-refractivity contribution in [3.8, 4) is 11.5 Å². The normalized spacial score (nSPS) is 9.80. The van der Waals surface area contributed by atoms with Crippen LogP contribution in [0.3, 0.4) is 0 Å². The maximum Gasteiger partial charge on any atom is 0.259 e. The van der Waals surface area contributed by atoms with Crippen LogP contribution in [0.2, 0.25) is 0 Å². The summed E-state index contributed by atoms with van der Waals surface area (Å²) in [6, 6.07) is 5.59. The molecule has 0 atom stereocenters. The lowest BCUT2D eigenvalue weighted by atomic mass is 10.1. The molecule has 0 aliphatic carbocycles. The maximum atomic E-state index is 10.5. The van der Waals surface area contributed by atoms with Crippen molar-refractivity contribution in [1.82, 2.24) is 0 Å². The molecule has 15 heavy (non-hydrogen) atoms. The summed E-state index contributed by atoms with van der Waals surface area (Å²) in [5.41, 5.74) is 1.15. The first-order valence-corrected chi connectivity index (χ1v) is 5.03. The smallest absolute Gasteiger partial charge is 0.259 e. The molecule has 0 saturated heterocycles. The van der Waals surface area contributed by atoms with E-state index >= 15 is 0 Å². The molecule has 0 unspecified atom stereocenters. The van der Waals surface area contributed by atoms with Gasteiger partial charge in [0.05, 0.1) is 7.11 Å². The van der Waals surface area contributed by atoms with Crippen molar-refractivity contribution in [1.29, 1.82) is 0 Å². The highest BCUT2D eigenvalue weighted by molar-refractivity contribution is 6.63. The molecule has 1 aromatic carbocycles. The van der Waals surface area contributed by atoms with Crippen LogP contribution in [-0.4, -0.2) is 19.0 Å². The zero-order valence-electron chi connectivity index (χ0n) is 8.75. The number of aryl methyl sites for hydroxylation is 1. The Morgan fingerprint density at radius 3 is 2.67 bits per heavy atom. The molecule has 0 heterocycles. The van der Waals surface area contributed by atoms with Crippen LogP contribution in [0.15, 0.2) is 18.2 Å². The summed E-state index contributed by atoms with van der Waals surface area (Å²) in [6.45, 7) is 1.90. The second kappa shape index (κ2) is 5.61. The molecule has 1 aromatic rings. The van der Waals surface area contributed by atoms with Crippen molar-refractivity contribution in [2.75, 3.05) is 13.7 Å². The number of hydrogen-bond donors (Lipinski definition) is 0. The van der Waals surface area contributed by atoms with Crippen LogP contribution in [0.4, 0.5) is 0 Å². The van der Waals surface area contributed by atoms with Gasteiger partial charge in [-0.15, -0.1) is 0 Å². The largest absolute Gasteiger partial charge is 0.493 e. The van der Waals surface area contributed by atoms with Gasteiger partial charge < -0.3 is 9.47 Å². The van der Waals surface area contributed by atoms with Crippen molar-refractivity contribution in [3.05, 3.63) is 23.8 Å². The molecular weight excluding hydrogens is 216 g/mol. The summed E-state index contributed by atoms with van der Waals surface area (Å²) < 4.78 is 10.3. The van der Waals surface area contributed by atoms with Crippen LogP contribution in [0.5, 0.6) is 11.5 Å². The van der Waals surface area contributed by atoms with Crippen molar-refractivity contribution in [2.24, 2.45) is 0 Å². The summed E-state index contributed by atoms with van der Waals surface area (Å²) in [5, 5.41) is -0.531. The van der Waals surface area contributed by atoms with Crippen molar-refractivity contribution >= 4 is 16.8 Å². The molecule has 4 heteroatoms. The maximum absolute atomic E-state index is 10.5. The molecule has 0 aliphatic heterocycles. The molecule has 1 rings (SSSR count). The first-order chi connectivity index (χ1) is 7.17. The van der Waals surface area contributed by atoms with Gasteiger partial charge in [0, 0.05) is 0 Å². The van der Waals surface area contributed by atoms with E-state index in [-0.39, 0.29) is 6.61 Å². The highest BCUT2D eigenvalue weighted by Crippen LogP contribution is 2.28. The fraction of sp³-hybridized carbons (Fsp3) is 0.364. The van der Waals surface area contributed by atoms with Crippen LogP contribution < -0.4 is 9.47 Å². The van der Waals surface area contributed by atoms with Gasteiger partial charge >= 0.3 is 0 Å². The van der Waals surface area contributed by atoms with Crippen LogP contribution in [-0.2, 0) is 11.2 Å². The Labute approximate surface area is 93.9 Å². The number of carbonyl (C=O) groups is 1. The molecule has 0 spiro atoms. The number of carbonyl (C=O) groups excluding carboxylic acids is 1. The van der Waals surface area contributed by atoms with Gasteiger partial charge in [0.15, 0.2) is 18.1 Å². The van der Waals surface area contributed by atoms with Gasteiger partial charge in [0.25, 0.3) is 5.24 Å². The van der Waals surface area contributed by atoms with Crippen LogP contribution in [0, 0.1) is 0 Å². The molecule has 82 valence electrons. The number of methoxy groups -OCH3 is 1. The summed E-state index contributed by atoms with van der Waals surface area (Å²) in [5.74, 6) is 1.15. The van der Waals surface area contributed by atoms with E-state index in [1.165, 1.54) is 0 Å². The average molecular weight is 229 g/mol. The lowest BCUT2D eigenvalue weighted by molar-refractivity contribution is -0.113. The average Bonchev–Trinajstić information content (AvgIpc) is 2.25. The summed E-state index contributed by atoms with van der Waals surface area (Å²) in [7, 11) is 1.56. The number of ether oxygens (including phenoxy) is 2. The first-order valence-electron chi connectivity index (χ1n) is 4.65. The van der Waals surface area contributed by atoms with E-state index in [1.807, 2.05) is 12.1 Å². The van der Waals surface area contributed by atoms with E-state index in [4.69, 9.17) is 21.1 Å². The van der Waals surface area contributed by atoms with Crippen molar-refractivity contribution in [2.45, 2.75) is 13.3 Å². The minimum absolute atomic E-state index is 0.149. The SMILES string of the molecule is CCc1ccc(OCC(=O)Cl)c(OC)c1. The predicted octanol–water partition coefficient (Wildman–Crippen LogP) is 2.40. The van der Waals surface area contributed by atoms with Gasteiger partial charge in [0.1, 0.15) is 0 Å². The molecule has 0 amide bonds. The van der Waals surface area contributed by atoms with Crippen molar-refractivity contribution < 1.29 is 14.3 Å². The number of hydrogen-bond acceptors (Lipinski definition) is 3. The third kappa shape index (κ3) is 3.44. The Morgan fingerprint density at radius 2 is 2.13 bits per heavy atom. The predicted molar refractivity (Wildman–Crippen MR) is 58.7 cm³/mol. The van der Waals surface area contributed by atoms with Gasteiger partial charge in [-0.3, -0.25) is 4.79 Å². The second-order valence-corrected chi connectivity index (χ2v) is 3.40. The zero-order valence-corrected chi connectivity index (χ0v) is 9.50. The molecule has 3 nitrogen and oxygen atoms in total. The topological polar surface area (TPSA) is 35.5 Å². The monoisotopic (exact) mass is 228 g/mol. The van der Waals surface area contributed by atoms with Gasteiger partial charge in [-0.05, 0) is 35.7 Å². The van der Waals surface area contributed by atoms with Crippen LogP contribution in [0.1, 0.15) is 12.5 Å². The third-order valence-corrected chi connectivity index (χ3v) is 2.09. The fourth-order valence-corrected chi connectivity index (χ4v) is 1.24. The minimum atomic E-state index is -0.531. The zero-order chi connectivity index (χ0) is 11.3. The van der Waals surface area contributed by atoms with Gasteiger partial charge in [-0.2, -0.15) is 0 Å². The highest BCUT2D eigenvalue weighted by atomic mass is 35.5. The Balaban J connectivity index is 2.82. The third-order valence-electron chi connectivity index (χ3n) is 1.98. The number of rotatable bonds is 5. The van der Waals surface area contributed by atoms with Crippen LogP contribution >= 0.6 is 11.6 Å². The first kappa shape index (κ1) is 11.9. The van der Waals surface area contributed by atoms with E-state index in [0.29, 0.717) is 11.5 Å². The molecule has 0 aliphatic rings. The van der Waals surface area contributed by atoms with Gasteiger partial charge in [-0.25, -0.2) is 0 Å². The molecule has 0 N–H and O–H groups in total. The molecule has 0 aromatic heterocycles. The minimum Gasteiger partial charge on any atom is -0.493 e. The van der Waals surface area contributed by atoms with Gasteiger partial charge in [0.2, 0.25) is 0 Å². The Morgan fingerprint density at radius 1 is 1.40 bits per heavy atom. The van der Waals surface area contributed by atoms with Crippen molar-refractivity contribution in [3.63, 3.8) is 0 Å². The lowest BCUT2D eigenvalue weighted by Gasteiger charge is -2.10. The van der Waals surface area contributed by atoms with E-state index in [1.54, 1.807) is 13.2 Å². The molecular formula is C11H13ClO3. The standard InChI is InChI=1S/C11H13ClO3/c1-3-8-4-5-9(10(6-8)14-2)15-7-11(12)13/h4-6H,3,7H2,1-2H3. The summed E-state index contributed by atoms with van der Waals surface area (Å²) >= 11 is 5.18. The summed E-state index contributed by atoms with van der Waals surface area (Å²) in [6.07, 6.45) is 0.922. The van der Waals surface area contributed by atoms with Gasteiger partial charge in [-0.1, -0.05) is 13.0 Å². The number of benzene rings is 1. The molecule has 0 fully saturated rings. The Bertz CT molecular complexity index is 350. The fourth-order valence-electron chi connectivity index (χ4n) is 1.19. The highest BCUT2D eigenvalue weighted by Gasteiger charge is 2.06. The number of halogens is 1. The Hall–Kier alpha value is -1.22. The van der Waals surface area contributed by atoms with E-state index in [2.05, 4.69) is 6.92 Å². The molecule has 0 saturated carbocycles. The molecule has 0 radical (unpaired) electrons. The van der Waals surface area contributed by atoms with E-state index < -0.39 is 5.24 Å². The molecule has 0 bridgehead atoms. The van der Waals surface area contributed by atoms with E-state index in [9.17, 15) is 4.79 Å². The Kier molecular flexibility index (Phi) is 4.43.